The zero-order valence-electron chi connectivity index (χ0n) is 14.6. The second-order valence-corrected chi connectivity index (χ2v) is 6.33. The molecule has 5 nitrogen and oxygen atoms in total. The highest BCUT2D eigenvalue weighted by molar-refractivity contribution is 5.85. The number of aromatic nitrogens is 2. The van der Waals surface area contributed by atoms with Crippen molar-refractivity contribution in [2.45, 2.75) is 19.4 Å². The molecule has 0 unspecified atom stereocenters. The van der Waals surface area contributed by atoms with Crippen LogP contribution >= 0.6 is 0 Å². The van der Waals surface area contributed by atoms with Gasteiger partial charge in [0.1, 0.15) is 12.4 Å². The van der Waals surface area contributed by atoms with Gasteiger partial charge >= 0.3 is 5.97 Å². The molecule has 0 aliphatic rings. The van der Waals surface area contributed by atoms with Gasteiger partial charge in [-0.25, -0.2) is 4.98 Å². The number of esters is 1. The summed E-state index contributed by atoms with van der Waals surface area (Å²) in [5, 5.41) is 2.73. The van der Waals surface area contributed by atoms with Crippen molar-refractivity contribution in [2.24, 2.45) is 0 Å². The molecule has 0 bridgehead atoms. The number of aromatic amines is 1. The molecule has 4 rings (SSSR count). The standard InChI is InChI=1S/C22H18N2O3/c25-21(27-14-16-8-5-7-15-6-1-2-9-17(15)16)13-12-20-23-19-11-4-3-10-18(19)22(26)24-20/h1-11H,12-14H2,(H,23,24,26). The second-order valence-electron chi connectivity index (χ2n) is 6.33. The molecular formula is C22H18N2O3. The van der Waals surface area contributed by atoms with Crippen LogP contribution in [0, 0.1) is 0 Å². The number of carbonyl (C=O) groups excluding carboxylic acids is 1. The first-order valence-electron chi connectivity index (χ1n) is 8.81. The summed E-state index contributed by atoms with van der Waals surface area (Å²) in [5.41, 5.74) is 1.40. The molecule has 0 aliphatic heterocycles. The summed E-state index contributed by atoms with van der Waals surface area (Å²) in [7, 11) is 0. The third-order valence-electron chi connectivity index (χ3n) is 4.50. The number of ether oxygens (including phenoxy) is 1. The van der Waals surface area contributed by atoms with Gasteiger partial charge in [0.25, 0.3) is 5.56 Å². The minimum Gasteiger partial charge on any atom is -0.461 e. The predicted molar refractivity (Wildman–Crippen MR) is 104 cm³/mol. The van der Waals surface area contributed by atoms with Crippen molar-refractivity contribution in [3.05, 3.63) is 88.5 Å². The van der Waals surface area contributed by atoms with Crippen molar-refractivity contribution < 1.29 is 9.53 Å². The molecular weight excluding hydrogens is 340 g/mol. The Kier molecular flexibility index (Phi) is 4.66. The number of aryl methyl sites for hydroxylation is 1. The summed E-state index contributed by atoms with van der Waals surface area (Å²) < 4.78 is 5.42. The maximum absolute atomic E-state index is 12.1. The van der Waals surface area contributed by atoms with Crippen LogP contribution in [0.15, 0.2) is 71.5 Å². The first-order chi connectivity index (χ1) is 13.2. The highest BCUT2D eigenvalue weighted by Gasteiger charge is 2.09. The van der Waals surface area contributed by atoms with Crippen molar-refractivity contribution >= 4 is 27.6 Å². The maximum atomic E-state index is 12.1. The topological polar surface area (TPSA) is 72.0 Å². The van der Waals surface area contributed by atoms with Gasteiger partial charge in [-0.05, 0) is 28.5 Å². The predicted octanol–water partition coefficient (Wildman–Crippen LogP) is 3.75. The Balaban J connectivity index is 1.41. The molecule has 1 N–H and O–H groups in total. The van der Waals surface area contributed by atoms with Crippen molar-refractivity contribution in [3.8, 4) is 0 Å². The molecule has 0 radical (unpaired) electrons. The molecule has 27 heavy (non-hydrogen) atoms. The largest absolute Gasteiger partial charge is 0.461 e. The van der Waals surface area contributed by atoms with Crippen LogP contribution in [0.25, 0.3) is 21.7 Å². The average molecular weight is 358 g/mol. The first kappa shape index (κ1) is 17.0. The van der Waals surface area contributed by atoms with Gasteiger partial charge in [0.05, 0.1) is 17.3 Å². The number of H-pyrrole nitrogens is 1. The lowest BCUT2D eigenvalue weighted by Crippen LogP contribution is -2.14. The Hall–Kier alpha value is -3.47. The van der Waals surface area contributed by atoms with E-state index in [9.17, 15) is 9.59 Å². The highest BCUT2D eigenvalue weighted by atomic mass is 16.5. The number of para-hydroxylation sites is 1. The van der Waals surface area contributed by atoms with Crippen LogP contribution in [0.2, 0.25) is 0 Å². The first-order valence-corrected chi connectivity index (χ1v) is 8.81. The van der Waals surface area contributed by atoms with Crippen LogP contribution in [0.3, 0.4) is 0 Å². The van der Waals surface area contributed by atoms with Crippen molar-refractivity contribution in [1.29, 1.82) is 0 Å². The number of rotatable bonds is 5. The molecule has 0 fully saturated rings. The van der Waals surface area contributed by atoms with Crippen LogP contribution < -0.4 is 5.56 Å². The van der Waals surface area contributed by atoms with Gasteiger partial charge in [-0.1, -0.05) is 54.6 Å². The fraction of sp³-hybridized carbons (Fsp3) is 0.136. The Morgan fingerprint density at radius 1 is 0.926 bits per heavy atom. The number of nitrogens with zero attached hydrogens (tertiary/aromatic N) is 1. The van der Waals surface area contributed by atoms with E-state index < -0.39 is 0 Å². The van der Waals surface area contributed by atoms with E-state index in [0.29, 0.717) is 23.1 Å². The van der Waals surface area contributed by atoms with Gasteiger partial charge in [-0.15, -0.1) is 0 Å². The number of fused-ring (bicyclic) bond motifs is 2. The van der Waals surface area contributed by atoms with Crippen LogP contribution in [0.5, 0.6) is 0 Å². The molecule has 1 heterocycles. The number of carbonyl (C=O) groups is 1. The van der Waals surface area contributed by atoms with Gasteiger partial charge in [-0.3, -0.25) is 9.59 Å². The van der Waals surface area contributed by atoms with Gasteiger partial charge in [-0.2, -0.15) is 0 Å². The average Bonchev–Trinajstić information content (AvgIpc) is 2.71. The van der Waals surface area contributed by atoms with E-state index in [-0.39, 0.29) is 24.6 Å². The van der Waals surface area contributed by atoms with E-state index in [1.54, 1.807) is 18.2 Å². The maximum Gasteiger partial charge on any atom is 0.306 e. The fourth-order valence-corrected chi connectivity index (χ4v) is 3.12. The van der Waals surface area contributed by atoms with Gasteiger partial charge in [0, 0.05) is 6.42 Å². The highest BCUT2D eigenvalue weighted by Crippen LogP contribution is 2.19. The van der Waals surface area contributed by atoms with Gasteiger partial charge in [0.15, 0.2) is 0 Å². The molecule has 0 aliphatic carbocycles. The van der Waals surface area contributed by atoms with E-state index in [1.807, 2.05) is 48.5 Å². The zero-order valence-corrected chi connectivity index (χ0v) is 14.6. The zero-order chi connectivity index (χ0) is 18.6. The normalized spacial score (nSPS) is 11.0. The van der Waals surface area contributed by atoms with E-state index in [1.165, 1.54) is 0 Å². The fourth-order valence-electron chi connectivity index (χ4n) is 3.12. The Morgan fingerprint density at radius 2 is 1.67 bits per heavy atom. The summed E-state index contributed by atoms with van der Waals surface area (Å²) in [6.07, 6.45) is 0.487. The van der Waals surface area contributed by atoms with E-state index in [4.69, 9.17) is 4.74 Å². The van der Waals surface area contributed by atoms with Crippen molar-refractivity contribution in [2.75, 3.05) is 0 Å². The summed E-state index contributed by atoms with van der Waals surface area (Å²) in [4.78, 5) is 31.3. The van der Waals surface area contributed by atoms with Crippen molar-refractivity contribution in [3.63, 3.8) is 0 Å². The Morgan fingerprint density at radius 3 is 2.56 bits per heavy atom. The number of hydrogen-bond donors (Lipinski definition) is 1. The molecule has 0 spiro atoms. The molecule has 134 valence electrons. The molecule has 1 aromatic heterocycles. The third kappa shape index (κ3) is 3.72. The molecule has 5 heteroatoms. The van der Waals surface area contributed by atoms with Gasteiger partial charge in [0.2, 0.25) is 0 Å². The lowest BCUT2D eigenvalue weighted by molar-refractivity contribution is -0.144. The minimum absolute atomic E-state index is 0.159. The Labute approximate surface area is 155 Å². The van der Waals surface area contributed by atoms with Crippen LogP contribution in [-0.4, -0.2) is 15.9 Å². The van der Waals surface area contributed by atoms with Crippen LogP contribution in [-0.2, 0) is 22.6 Å². The number of nitrogens with one attached hydrogen (secondary N) is 1. The quantitative estimate of drug-likeness (QED) is 0.552. The van der Waals surface area contributed by atoms with Crippen molar-refractivity contribution in [1.82, 2.24) is 9.97 Å². The molecule has 0 saturated carbocycles. The summed E-state index contributed by atoms with van der Waals surface area (Å²) in [6.45, 7) is 0.224. The number of benzene rings is 3. The minimum atomic E-state index is -0.321. The smallest absolute Gasteiger partial charge is 0.306 e. The van der Waals surface area contributed by atoms with E-state index in [0.717, 1.165) is 16.3 Å². The number of hydrogen-bond acceptors (Lipinski definition) is 4. The Bertz CT molecular complexity index is 1180. The second kappa shape index (κ2) is 7.41. The van der Waals surface area contributed by atoms with E-state index in [2.05, 4.69) is 9.97 Å². The molecule has 3 aromatic carbocycles. The summed E-state index contributed by atoms with van der Waals surface area (Å²) in [6, 6.07) is 21.1. The van der Waals surface area contributed by atoms with Crippen LogP contribution in [0.1, 0.15) is 17.8 Å². The molecule has 0 saturated heterocycles. The lowest BCUT2D eigenvalue weighted by atomic mass is 10.1. The lowest BCUT2D eigenvalue weighted by Gasteiger charge is -2.08. The molecule has 0 atom stereocenters. The SMILES string of the molecule is O=C(CCc1nc2ccccc2c(=O)[nH]1)OCc1cccc2ccccc12. The van der Waals surface area contributed by atoms with Gasteiger partial charge < -0.3 is 9.72 Å². The molecule has 4 aromatic rings. The third-order valence-corrected chi connectivity index (χ3v) is 4.50. The monoisotopic (exact) mass is 358 g/mol. The molecule has 0 amide bonds. The van der Waals surface area contributed by atoms with Crippen LogP contribution in [0.4, 0.5) is 0 Å². The van der Waals surface area contributed by atoms with E-state index >= 15 is 0 Å². The summed E-state index contributed by atoms with van der Waals surface area (Å²) in [5.74, 6) is 0.166. The summed E-state index contributed by atoms with van der Waals surface area (Å²) >= 11 is 0.